The first-order chi connectivity index (χ1) is 19.4. The van der Waals surface area contributed by atoms with Crippen molar-refractivity contribution in [3.8, 4) is 0 Å². The Kier molecular flexibility index (Phi) is 22.2. The average Bonchev–Trinajstić information content (AvgIpc) is 2.95. The van der Waals surface area contributed by atoms with Crippen molar-refractivity contribution < 1.29 is 17.7 Å². The van der Waals surface area contributed by atoms with E-state index in [9.17, 15) is 0 Å². The molecule has 0 aliphatic heterocycles. The van der Waals surface area contributed by atoms with Gasteiger partial charge in [-0.15, -0.1) is 0 Å². The van der Waals surface area contributed by atoms with Crippen LogP contribution in [-0.4, -0.2) is 56.9 Å². The number of hydrogen-bond acceptors (Lipinski definition) is 4. The Hall–Kier alpha value is 0.970. The van der Waals surface area contributed by atoms with E-state index in [2.05, 4.69) is 61.8 Å². The van der Waals surface area contributed by atoms with E-state index >= 15 is 4.57 Å². The van der Waals surface area contributed by atoms with Gasteiger partial charge < -0.3 is 0 Å². The molecule has 0 heterocycles. The van der Waals surface area contributed by atoms with Crippen LogP contribution < -0.4 is 0 Å². The van der Waals surface area contributed by atoms with Crippen LogP contribution in [0.5, 0.6) is 0 Å². The molecule has 0 radical (unpaired) electrons. The van der Waals surface area contributed by atoms with E-state index < -0.39 is 21.5 Å². The summed E-state index contributed by atoms with van der Waals surface area (Å²) < 4.78 is 36.5. The Labute approximate surface area is 259 Å². The Bertz CT molecular complexity index is 604. The molecule has 4 nitrogen and oxygen atoms in total. The van der Waals surface area contributed by atoms with Crippen LogP contribution in [-0.2, 0) is 17.7 Å². The molecule has 0 aliphatic carbocycles. The van der Waals surface area contributed by atoms with Crippen molar-refractivity contribution in [1.29, 1.82) is 0 Å². The van der Waals surface area contributed by atoms with Crippen LogP contribution >= 0.6 is 21.5 Å². The molecule has 7 heteroatoms. The molecule has 0 aromatic heterocycles. The first-order valence-electron chi connectivity index (χ1n) is 18.1. The molecule has 252 valence electrons. The van der Waals surface area contributed by atoms with Gasteiger partial charge in [-0.2, -0.15) is 0 Å². The predicted molar refractivity (Wildman–Crippen MR) is 193 cm³/mol. The van der Waals surface area contributed by atoms with Crippen LogP contribution in [0.2, 0.25) is 0 Å². The zero-order valence-electron chi connectivity index (χ0n) is 29.7. The van der Waals surface area contributed by atoms with Crippen molar-refractivity contribution in [3.05, 3.63) is 0 Å². The van der Waals surface area contributed by atoms with Crippen LogP contribution in [0.25, 0.3) is 0 Å². The predicted octanol–water partition coefficient (Wildman–Crippen LogP) is 13.5. The van der Waals surface area contributed by atoms with E-state index in [-0.39, 0.29) is 0 Å². The topological polar surface area (TPSA) is 44.8 Å². The molecular formula is C34H77O4P3. The van der Waals surface area contributed by atoms with Crippen molar-refractivity contribution in [1.82, 2.24) is 0 Å². The number of phosphoric acid groups is 1. The van der Waals surface area contributed by atoms with Crippen LogP contribution in [0.3, 0.4) is 0 Å². The van der Waals surface area contributed by atoms with Gasteiger partial charge in [0, 0.05) is 0 Å². The fourth-order valence-corrected chi connectivity index (χ4v) is 23.0. The van der Waals surface area contributed by atoms with Gasteiger partial charge in [-0.05, 0) is 0 Å². The summed E-state index contributed by atoms with van der Waals surface area (Å²) in [7, 11) is -3.78. The molecular weight excluding hydrogens is 565 g/mol. The summed E-state index contributed by atoms with van der Waals surface area (Å²) in [6.45, 7) is 15.6. The van der Waals surface area contributed by atoms with Crippen molar-refractivity contribution in [2.24, 2.45) is 0 Å². The quantitative estimate of drug-likeness (QED) is 0.0578. The summed E-state index contributed by atoms with van der Waals surface area (Å²) in [5, 5.41) is 0. The molecule has 0 saturated heterocycles. The molecule has 0 aromatic carbocycles. The Morgan fingerprint density at radius 2 is 0.683 bits per heavy atom. The first-order valence-corrected chi connectivity index (χ1v) is 25.9. The summed E-state index contributed by atoms with van der Waals surface area (Å²) in [6.07, 6.45) is 26.8. The number of unbranched alkanes of at least 4 members (excludes halogenated alkanes) is 11. The van der Waals surface area contributed by atoms with Gasteiger partial charge >= 0.3 is 260 Å². The first kappa shape index (κ1) is 42.0. The van der Waals surface area contributed by atoms with E-state index in [1.807, 2.05) is 0 Å². The van der Waals surface area contributed by atoms with Crippen LogP contribution in [0.15, 0.2) is 0 Å². The van der Waals surface area contributed by atoms with Crippen molar-refractivity contribution in [3.63, 3.8) is 0 Å². The molecule has 0 bridgehead atoms. The third-order valence-corrected chi connectivity index (χ3v) is 25.0. The summed E-state index contributed by atoms with van der Waals surface area (Å²) in [6, 6.07) is 0. The van der Waals surface area contributed by atoms with E-state index in [1.165, 1.54) is 25.7 Å². The molecule has 0 aliphatic rings. The molecule has 0 saturated carbocycles. The third-order valence-electron chi connectivity index (χ3n) is 9.31. The number of hydrogen-bond donors (Lipinski definition) is 0. The van der Waals surface area contributed by atoms with Gasteiger partial charge in [0.1, 0.15) is 0 Å². The fraction of sp³-hybridized carbons (Fsp3) is 1.00. The van der Waals surface area contributed by atoms with E-state index in [1.54, 1.807) is 0 Å². The fourth-order valence-electron chi connectivity index (χ4n) is 6.29. The van der Waals surface area contributed by atoms with Gasteiger partial charge in [0.05, 0.1) is 0 Å². The molecule has 0 atom stereocenters. The normalized spacial score (nSPS) is 16.1. The van der Waals surface area contributed by atoms with E-state index in [0.717, 1.165) is 127 Å². The Balaban J connectivity index is 6.67. The summed E-state index contributed by atoms with van der Waals surface area (Å²) in [5.41, 5.74) is 0. The van der Waals surface area contributed by atoms with Gasteiger partial charge in [-0.1, -0.05) is 0 Å². The molecule has 0 rings (SSSR count). The standard InChI is InChI=1S/C34H77O4P3/c1-10-17-24-25-26-27-28-36-39(35,37-40(8,29-18-11-2,30-19-12-3)31-20-13-4)38-41(9,32-21-14-5,33-22-15-6)34-23-16-7/h10-34H2,1-9H3. The molecule has 0 aromatic rings. The van der Waals surface area contributed by atoms with Crippen LogP contribution in [0.4, 0.5) is 0 Å². The molecule has 41 heavy (non-hydrogen) atoms. The Morgan fingerprint density at radius 1 is 0.415 bits per heavy atom. The maximum absolute atomic E-state index is 15.4. The maximum atomic E-state index is 15.4. The molecule has 0 N–H and O–H groups in total. The average molecular weight is 643 g/mol. The molecule has 0 fully saturated rings. The van der Waals surface area contributed by atoms with Gasteiger partial charge in [-0.3, -0.25) is 0 Å². The van der Waals surface area contributed by atoms with E-state index in [0.29, 0.717) is 6.61 Å². The molecule has 0 amide bonds. The van der Waals surface area contributed by atoms with Crippen molar-refractivity contribution >= 4 is 21.5 Å². The van der Waals surface area contributed by atoms with Gasteiger partial charge in [0.2, 0.25) is 0 Å². The van der Waals surface area contributed by atoms with Crippen LogP contribution in [0, 0.1) is 0 Å². The van der Waals surface area contributed by atoms with Crippen molar-refractivity contribution in [2.45, 2.75) is 164 Å². The second-order valence-electron chi connectivity index (χ2n) is 14.1. The third kappa shape index (κ3) is 16.7. The SMILES string of the molecule is CCCCCCCCOP(=O)(OP(C)(CCCC)(CCCC)CCCC)OP(C)(CCCC)(CCCC)CCCC. The summed E-state index contributed by atoms with van der Waals surface area (Å²) in [4.78, 5) is 0. The zero-order chi connectivity index (χ0) is 31.2. The van der Waals surface area contributed by atoms with Gasteiger partial charge in [0.15, 0.2) is 0 Å². The van der Waals surface area contributed by atoms with E-state index in [4.69, 9.17) is 13.1 Å². The second-order valence-corrected chi connectivity index (χ2v) is 28.0. The molecule has 0 unspecified atom stereocenters. The monoisotopic (exact) mass is 643 g/mol. The second kappa shape index (κ2) is 21.7. The Morgan fingerprint density at radius 3 is 0.976 bits per heavy atom. The number of rotatable bonds is 30. The minimum atomic E-state index is -3.78. The molecule has 0 spiro atoms. The summed E-state index contributed by atoms with van der Waals surface area (Å²) >= 11 is 0. The summed E-state index contributed by atoms with van der Waals surface area (Å²) in [5.74, 6) is 0. The van der Waals surface area contributed by atoms with Gasteiger partial charge in [0.25, 0.3) is 0 Å². The van der Waals surface area contributed by atoms with Crippen molar-refractivity contribution in [2.75, 3.05) is 56.9 Å². The van der Waals surface area contributed by atoms with Gasteiger partial charge in [-0.25, -0.2) is 0 Å². The zero-order valence-corrected chi connectivity index (χ0v) is 32.3. The van der Waals surface area contributed by atoms with Crippen LogP contribution in [0.1, 0.15) is 164 Å². The minimum absolute atomic E-state index is 0.479.